The zero-order chi connectivity index (χ0) is 17.0. The summed E-state index contributed by atoms with van der Waals surface area (Å²) in [5.74, 6) is -0.291. The summed E-state index contributed by atoms with van der Waals surface area (Å²) in [5, 5.41) is 21.7. The summed E-state index contributed by atoms with van der Waals surface area (Å²) in [5.41, 5.74) is 3.33. The maximum atomic E-state index is 11.1. The van der Waals surface area contributed by atoms with Gasteiger partial charge in [0.15, 0.2) is 0 Å². The number of aromatic carboxylic acids is 1. The van der Waals surface area contributed by atoms with Crippen LogP contribution in [0.15, 0.2) is 18.2 Å². The van der Waals surface area contributed by atoms with Gasteiger partial charge in [0.2, 0.25) is 5.95 Å². The van der Waals surface area contributed by atoms with Gasteiger partial charge in [0, 0.05) is 6.54 Å². The highest BCUT2D eigenvalue weighted by Crippen LogP contribution is 2.17. The molecule has 2 rings (SSSR count). The molecule has 6 nitrogen and oxygen atoms in total. The second-order valence-corrected chi connectivity index (χ2v) is 5.54. The highest BCUT2D eigenvalue weighted by Gasteiger charge is 2.14. The average Bonchev–Trinajstić information content (AvgIpc) is 2.46. The number of carbonyl (C=O) groups is 1. The van der Waals surface area contributed by atoms with Crippen LogP contribution in [0.1, 0.15) is 39.3 Å². The zero-order valence-electron chi connectivity index (χ0n) is 13.6. The Labute approximate surface area is 135 Å². The normalized spacial score (nSPS) is 10.6. The summed E-state index contributed by atoms with van der Waals surface area (Å²) in [4.78, 5) is 19.5. The third-order valence-corrected chi connectivity index (χ3v) is 3.72. The van der Waals surface area contributed by atoms with E-state index in [2.05, 4.69) is 15.3 Å². The fraction of sp³-hybridized carbons (Fsp3) is 0.353. The third-order valence-electron chi connectivity index (χ3n) is 3.72. The van der Waals surface area contributed by atoms with Crippen molar-refractivity contribution < 1.29 is 15.0 Å². The van der Waals surface area contributed by atoms with Gasteiger partial charge in [0.05, 0.1) is 11.4 Å². The van der Waals surface area contributed by atoms with Crippen molar-refractivity contribution in [3.05, 3.63) is 46.3 Å². The number of hydrogen-bond donors (Lipinski definition) is 3. The van der Waals surface area contributed by atoms with Crippen molar-refractivity contribution >= 4 is 11.9 Å². The molecule has 0 aliphatic carbocycles. The van der Waals surface area contributed by atoms with E-state index in [0.29, 0.717) is 23.9 Å². The maximum Gasteiger partial charge on any atom is 0.339 e. The lowest BCUT2D eigenvalue weighted by Crippen LogP contribution is -2.12. The van der Waals surface area contributed by atoms with Crippen LogP contribution in [0.2, 0.25) is 0 Å². The molecule has 0 unspecified atom stereocenters. The molecule has 6 heteroatoms. The highest BCUT2D eigenvalue weighted by atomic mass is 16.4. The molecule has 3 N–H and O–H groups in total. The smallest absolute Gasteiger partial charge is 0.339 e. The summed E-state index contributed by atoms with van der Waals surface area (Å²) < 4.78 is 0. The van der Waals surface area contributed by atoms with Gasteiger partial charge in [-0.3, -0.25) is 0 Å². The average molecular weight is 315 g/mol. The number of anilines is 1. The number of hydrogen-bond acceptors (Lipinski definition) is 5. The van der Waals surface area contributed by atoms with Crippen molar-refractivity contribution in [2.75, 3.05) is 11.9 Å². The van der Waals surface area contributed by atoms with E-state index >= 15 is 0 Å². The summed E-state index contributed by atoms with van der Waals surface area (Å²) >= 11 is 0. The fourth-order valence-corrected chi connectivity index (χ4v) is 2.51. The molecule has 0 fully saturated rings. The van der Waals surface area contributed by atoms with Gasteiger partial charge in [-0.2, -0.15) is 0 Å². The quantitative estimate of drug-likeness (QED) is 0.709. The number of phenols is 1. The molecule has 1 aromatic heterocycles. The monoisotopic (exact) mass is 315 g/mol. The number of carboxylic acid groups (broad SMARTS) is 1. The molecule has 0 saturated heterocycles. The number of rotatable bonds is 6. The second kappa shape index (κ2) is 7.09. The lowest BCUT2D eigenvalue weighted by atomic mass is 10.0. The Bertz CT molecular complexity index is 706. The van der Waals surface area contributed by atoms with E-state index in [1.165, 1.54) is 0 Å². The van der Waals surface area contributed by atoms with Crippen molar-refractivity contribution in [2.45, 2.75) is 33.6 Å². The molecule has 0 spiro atoms. The molecule has 1 heterocycles. The number of aromatic nitrogens is 2. The van der Waals surface area contributed by atoms with Crippen LogP contribution < -0.4 is 5.32 Å². The molecular formula is C17H21N3O3. The Morgan fingerprint density at radius 1 is 1.17 bits per heavy atom. The van der Waals surface area contributed by atoms with Crippen molar-refractivity contribution in [2.24, 2.45) is 0 Å². The van der Waals surface area contributed by atoms with Gasteiger partial charge in [-0.15, -0.1) is 0 Å². The van der Waals surface area contributed by atoms with Crippen LogP contribution in [0.4, 0.5) is 5.95 Å². The van der Waals surface area contributed by atoms with E-state index in [9.17, 15) is 9.90 Å². The lowest BCUT2D eigenvalue weighted by molar-refractivity contribution is 0.0694. The van der Waals surface area contributed by atoms with Crippen LogP contribution in [-0.2, 0) is 6.42 Å². The molecule has 0 aliphatic heterocycles. The SMILES string of the molecule is Cc1ccc(O)cc1CCCNc1nc(C)c(C(=O)O)c(C)n1. The Morgan fingerprint density at radius 2 is 1.83 bits per heavy atom. The van der Waals surface area contributed by atoms with Crippen LogP contribution >= 0.6 is 0 Å². The van der Waals surface area contributed by atoms with Crippen molar-refractivity contribution in [3.8, 4) is 5.75 Å². The van der Waals surface area contributed by atoms with Crippen LogP contribution in [-0.4, -0.2) is 32.7 Å². The Morgan fingerprint density at radius 3 is 2.43 bits per heavy atom. The number of aromatic hydroxyl groups is 1. The van der Waals surface area contributed by atoms with Gasteiger partial charge >= 0.3 is 5.97 Å². The van der Waals surface area contributed by atoms with Gasteiger partial charge < -0.3 is 15.5 Å². The van der Waals surface area contributed by atoms with Gasteiger partial charge in [-0.25, -0.2) is 14.8 Å². The molecule has 0 bridgehead atoms. The summed E-state index contributed by atoms with van der Waals surface area (Å²) in [6.45, 7) is 6.02. The molecule has 1 aromatic carbocycles. The van der Waals surface area contributed by atoms with Crippen LogP contribution in [0, 0.1) is 20.8 Å². The van der Waals surface area contributed by atoms with E-state index in [1.54, 1.807) is 26.0 Å². The first-order valence-electron chi connectivity index (χ1n) is 7.49. The third kappa shape index (κ3) is 4.18. The molecule has 122 valence electrons. The fourth-order valence-electron chi connectivity index (χ4n) is 2.51. The first kappa shape index (κ1) is 16.7. The first-order chi connectivity index (χ1) is 10.9. The van der Waals surface area contributed by atoms with E-state index in [4.69, 9.17) is 5.11 Å². The Kier molecular flexibility index (Phi) is 5.16. The van der Waals surface area contributed by atoms with Crippen LogP contribution in [0.5, 0.6) is 5.75 Å². The number of benzene rings is 1. The van der Waals surface area contributed by atoms with Gasteiger partial charge in [0.25, 0.3) is 0 Å². The molecule has 0 saturated carbocycles. The minimum Gasteiger partial charge on any atom is -0.508 e. The van der Waals surface area contributed by atoms with E-state index in [-0.39, 0.29) is 11.3 Å². The predicted octanol–water partition coefficient (Wildman–Crippen LogP) is 2.85. The second-order valence-electron chi connectivity index (χ2n) is 5.54. The summed E-state index contributed by atoms with van der Waals surface area (Å²) in [6.07, 6.45) is 1.69. The van der Waals surface area contributed by atoms with Gasteiger partial charge in [0.1, 0.15) is 11.3 Å². The minimum absolute atomic E-state index is 0.158. The first-order valence-corrected chi connectivity index (χ1v) is 7.49. The van der Waals surface area contributed by atoms with Gasteiger partial charge in [-0.05, 0) is 56.9 Å². The minimum atomic E-state index is -1.01. The largest absolute Gasteiger partial charge is 0.508 e. The van der Waals surface area contributed by atoms with Crippen LogP contribution in [0.3, 0.4) is 0 Å². The Balaban J connectivity index is 1.94. The standard InChI is InChI=1S/C17H21N3O3/c1-10-6-7-14(21)9-13(10)5-4-8-18-17-19-11(2)15(16(22)23)12(3)20-17/h6-7,9,21H,4-5,8H2,1-3H3,(H,22,23)(H,18,19,20). The lowest BCUT2D eigenvalue weighted by Gasteiger charge is -2.10. The molecule has 2 aromatic rings. The topological polar surface area (TPSA) is 95.3 Å². The number of nitrogens with one attached hydrogen (secondary N) is 1. The maximum absolute atomic E-state index is 11.1. The molecule has 0 atom stereocenters. The number of phenolic OH excluding ortho intramolecular Hbond substituents is 1. The zero-order valence-corrected chi connectivity index (χ0v) is 13.6. The number of aryl methyl sites for hydroxylation is 4. The molecule has 0 amide bonds. The van der Waals surface area contributed by atoms with Crippen LogP contribution in [0.25, 0.3) is 0 Å². The van der Waals surface area contributed by atoms with E-state index in [1.807, 2.05) is 13.0 Å². The molecular weight excluding hydrogens is 294 g/mol. The van der Waals surface area contributed by atoms with Crippen molar-refractivity contribution in [1.29, 1.82) is 0 Å². The number of nitrogens with zero attached hydrogens (tertiary/aromatic N) is 2. The Hall–Kier alpha value is -2.63. The van der Waals surface area contributed by atoms with E-state index in [0.717, 1.165) is 24.0 Å². The highest BCUT2D eigenvalue weighted by molar-refractivity contribution is 5.90. The predicted molar refractivity (Wildman–Crippen MR) is 88.1 cm³/mol. The van der Waals surface area contributed by atoms with Crippen molar-refractivity contribution in [3.63, 3.8) is 0 Å². The molecule has 0 radical (unpaired) electrons. The molecule has 0 aliphatic rings. The molecule has 23 heavy (non-hydrogen) atoms. The van der Waals surface area contributed by atoms with Crippen molar-refractivity contribution in [1.82, 2.24) is 9.97 Å². The number of carboxylic acids is 1. The van der Waals surface area contributed by atoms with E-state index < -0.39 is 5.97 Å². The summed E-state index contributed by atoms with van der Waals surface area (Å²) in [7, 11) is 0. The summed E-state index contributed by atoms with van der Waals surface area (Å²) in [6, 6.07) is 5.36. The van der Waals surface area contributed by atoms with Gasteiger partial charge in [-0.1, -0.05) is 6.07 Å².